The topological polar surface area (TPSA) is 74.3 Å². The minimum Gasteiger partial charge on any atom is -0.379 e. The number of pyridine rings is 1. The zero-order valence-electron chi connectivity index (χ0n) is 18.4. The Balaban J connectivity index is 1.54. The lowest BCUT2D eigenvalue weighted by molar-refractivity contribution is 0.0342. The summed E-state index contributed by atoms with van der Waals surface area (Å²) in [6.45, 7) is 4.18. The molecule has 9 heteroatoms. The number of ether oxygens (including phenoxy) is 1. The highest BCUT2D eigenvalue weighted by Crippen LogP contribution is 2.29. The zero-order chi connectivity index (χ0) is 23.5. The summed E-state index contributed by atoms with van der Waals surface area (Å²) in [6.07, 6.45) is 4.80. The van der Waals surface area contributed by atoms with Crippen molar-refractivity contribution < 1.29 is 13.5 Å². The maximum Gasteiger partial charge on any atom is 0.248 e. The van der Waals surface area contributed by atoms with Gasteiger partial charge in [-0.05, 0) is 35.4 Å². The van der Waals surface area contributed by atoms with Crippen LogP contribution < -0.4 is 10.5 Å². The smallest absolute Gasteiger partial charge is 0.248 e. The van der Waals surface area contributed by atoms with Gasteiger partial charge in [0, 0.05) is 49.2 Å². The summed E-state index contributed by atoms with van der Waals surface area (Å²) >= 11 is 0. The minimum atomic E-state index is -1.07. The van der Waals surface area contributed by atoms with E-state index in [9.17, 15) is 13.6 Å². The van der Waals surface area contributed by atoms with E-state index in [0.29, 0.717) is 16.8 Å². The minimum absolute atomic E-state index is 0.150. The molecule has 0 radical (unpaired) electrons. The number of rotatable bonds is 6. The third-order valence-electron chi connectivity index (χ3n) is 5.88. The van der Waals surface area contributed by atoms with E-state index in [2.05, 4.69) is 32.0 Å². The van der Waals surface area contributed by atoms with Crippen molar-refractivity contribution in [3.05, 3.63) is 94.2 Å². The maximum absolute atomic E-state index is 14.4. The van der Waals surface area contributed by atoms with Crippen molar-refractivity contribution >= 4 is 22.4 Å². The number of nitrogens with one attached hydrogen (secondary N) is 1. The van der Waals surface area contributed by atoms with E-state index in [1.165, 1.54) is 12.1 Å². The Bertz CT molecular complexity index is 1360. The molecule has 5 rings (SSSR count). The van der Waals surface area contributed by atoms with Crippen molar-refractivity contribution in [3.63, 3.8) is 0 Å². The molecule has 1 N–H and O–H groups in total. The zero-order valence-corrected chi connectivity index (χ0v) is 18.4. The van der Waals surface area contributed by atoms with Gasteiger partial charge in [-0.25, -0.2) is 13.8 Å². The van der Waals surface area contributed by atoms with Crippen LogP contribution in [0.15, 0.2) is 65.8 Å². The van der Waals surface area contributed by atoms with E-state index < -0.39 is 17.2 Å². The summed E-state index contributed by atoms with van der Waals surface area (Å²) in [5, 5.41) is 0.428. The predicted molar refractivity (Wildman–Crippen MR) is 125 cm³/mol. The Morgan fingerprint density at radius 1 is 1.09 bits per heavy atom. The molecule has 0 saturated carbocycles. The van der Waals surface area contributed by atoms with Gasteiger partial charge in [-0.1, -0.05) is 12.1 Å². The summed E-state index contributed by atoms with van der Waals surface area (Å²) in [6, 6.07) is 12.0. The third kappa shape index (κ3) is 4.66. The number of benzene rings is 2. The van der Waals surface area contributed by atoms with Gasteiger partial charge in [0.15, 0.2) is 17.5 Å². The molecule has 1 fully saturated rings. The summed E-state index contributed by atoms with van der Waals surface area (Å²) in [5.41, 5.74) is 1.86. The molecule has 0 atom stereocenters. The van der Waals surface area contributed by atoms with Crippen molar-refractivity contribution in [1.29, 1.82) is 0 Å². The Labute approximate surface area is 194 Å². The molecule has 0 amide bonds. The lowest BCUT2D eigenvalue weighted by Gasteiger charge is -2.28. The number of fused-ring (bicyclic) bond motifs is 1. The molecule has 34 heavy (non-hydrogen) atoms. The fourth-order valence-electron chi connectivity index (χ4n) is 4.21. The molecule has 0 bridgehead atoms. The van der Waals surface area contributed by atoms with Crippen molar-refractivity contribution in [2.24, 2.45) is 0 Å². The summed E-state index contributed by atoms with van der Waals surface area (Å²) in [4.78, 5) is 27.6. The fraction of sp³-hybridized carbons (Fsp3) is 0.240. The highest BCUT2D eigenvalue weighted by molar-refractivity contribution is 5.83. The Kier molecular flexibility index (Phi) is 6.29. The molecule has 7 nitrogen and oxygen atoms in total. The van der Waals surface area contributed by atoms with Crippen molar-refractivity contribution in [2.45, 2.75) is 13.1 Å². The van der Waals surface area contributed by atoms with Crippen LogP contribution in [0, 0.1) is 11.6 Å². The van der Waals surface area contributed by atoms with Crippen molar-refractivity contribution in [2.75, 3.05) is 31.2 Å². The standard InChI is InChI=1S/C25H23F2N5O2/c26-21-5-4-20-18(13-23(33)30-25(20)24(21)27)16-32(22-14-28-6-7-29-22)19-3-1-2-17(12-19)15-31-8-10-34-11-9-31/h1-7,12-14H,8-11,15-16H2,(H,30,33). The molecule has 1 aliphatic rings. The highest BCUT2D eigenvalue weighted by Gasteiger charge is 2.18. The number of aromatic nitrogens is 3. The van der Waals surface area contributed by atoms with Crippen molar-refractivity contribution in [3.8, 4) is 0 Å². The van der Waals surface area contributed by atoms with Gasteiger partial charge in [-0.3, -0.25) is 14.7 Å². The molecule has 174 valence electrons. The third-order valence-corrected chi connectivity index (χ3v) is 5.88. The normalized spacial score (nSPS) is 14.4. The predicted octanol–water partition coefficient (Wildman–Crippen LogP) is 3.77. The molecular weight excluding hydrogens is 440 g/mol. The van der Waals surface area contributed by atoms with Gasteiger partial charge in [0.1, 0.15) is 0 Å². The van der Waals surface area contributed by atoms with Gasteiger partial charge in [0.05, 0.1) is 31.5 Å². The number of halogens is 2. The van der Waals surface area contributed by atoms with Gasteiger partial charge >= 0.3 is 0 Å². The van der Waals surface area contributed by atoms with Crippen LogP contribution >= 0.6 is 0 Å². The molecule has 2 aromatic heterocycles. The first-order chi connectivity index (χ1) is 16.6. The van der Waals surface area contributed by atoms with Crippen LogP contribution in [0.2, 0.25) is 0 Å². The second-order valence-corrected chi connectivity index (χ2v) is 8.15. The van der Waals surface area contributed by atoms with Crippen LogP contribution in [0.3, 0.4) is 0 Å². The first-order valence-corrected chi connectivity index (χ1v) is 11.0. The monoisotopic (exact) mass is 463 g/mol. The summed E-state index contributed by atoms with van der Waals surface area (Å²) < 4.78 is 33.7. The molecular formula is C25H23F2N5O2. The number of aromatic amines is 1. The Hall–Kier alpha value is -3.69. The number of anilines is 2. The average molecular weight is 463 g/mol. The quantitative estimate of drug-likeness (QED) is 0.469. The van der Waals surface area contributed by atoms with Gasteiger partial charge in [0.2, 0.25) is 5.56 Å². The summed E-state index contributed by atoms with van der Waals surface area (Å²) in [5.74, 6) is -1.51. The average Bonchev–Trinajstić information content (AvgIpc) is 2.86. The number of hydrogen-bond acceptors (Lipinski definition) is 6. The fourth-order valence-corrected chi connectivity index (χ4v) is 4.21. The maximum atomic E-state index is 14.4. The second-order valence-electron chi connectivity index (χ2n) is 8.15. The number of hydrogen-bond donors (Lipinski definition) is 1. The van der Waals surface area contributed by atoms with E-state index in [-0.39, 0.29) is 12.1 Å². The molecule has 0 unspecified atom stereocenters. The van der Waals surface area contributed by atoms with Crippen LogP contribution in [0.1, 0.15) is 11.1 Å². The number of H-pyrrole nitrogens is 1. The Morgan fingerprint density at radius 3 is 2.74 bits per heavy atom. The van der Waals surface area contributed by atoms with E-state index >= 15 is 0 Å². The number of morpholine rings is 1. The first-order valence-electron chi connectivity index (χ1n) is 11.0. The van der Waals surface area contributed by atoms with Gasteiger partial charge < -0.3 is 14.6 Å². The molecule has 4 aromatic rings. The Morgan fingerprint density at radius 2 is 1.94 bits per heavy atom. The molecule has 2 aromatic carbocycles. The second kappa shape index (κ2) is 9.66. The molecule has 0 spiro atoms. The molecule has 3 heterocycles. The van der Waals surface area contributed by atoms with E-state index in [1.807, 2.05) is 17.0 Å². The van der Waals surface area contributed by atoms with E-state index in [4.69, 9.17) is 4.74 Å². The SMILES string of the molecule is O=c1cc(CN(c2cccc(CN3CCOCC3)c2)c2cnccn2)c2ccc(F)c(F)c2[nH]1. The molecule has 1 aliphatic heterocycles. The van der Waals surface area contributed by atoms with Crippen LogP contribution in [-0.4, -0.2) is 46.2 Å². The molecule has 0 aliphatic carbocycles. The first kappa shape index (κ1) is 22.1. The largest absolute Gasteiger partial charge is 0.379 e. The van der Waals surface area contributed by atoms with Gasteiger partial charge in [0.25, 0.3) is 0 Å². The van der Waals surface area contributed by atoms with E-state index in [1.54, 1.807) is 18.6 Å². The summed E-state index contributed by atoms with van der Waals surface area (Å²) in [7, 11) is 0. The molecule has 1 saturated heterocycles. The van der Waals surface area contributed by atoms with Crippen LogP contribution in [0.4, 0.5) is 20.3 Å². The van der Waals surface area contributed by atoms with Crippen molar-refractivity contribution in [1.82, 2.24) is 19.9 Å². The van der Waals surface area contributed by atoms with Gasteiger partial charge in [-0.15, -0.1) is 0 Å². The van der Waals surface area contributed by atoms with Gasteiger partial charge in [-0.2, -0.15) is 0 Å². The van der Waals surface area contributed by atoms with Crippen LogP contribution in [0.5, 0.6) is 0 Å². The lowest BCUT2D eigenvalue weighted by atomic mass is 10.1. The van der Waals surface area contributed by atoms with E-state index in [0.717, 1.165) is 50.2 Å². The lowest BCUT2D eigenvalue weighted by Crippen LogP contribution is -2.35. The number of nitrogens with zero attached hydrogens (tertiary/aromatic N) is 4. The highest BCUT2D eigenvalue weighted by atomic mass is 19.2. The van der Waals surface area contributed by atoms with Crippen LogP contribution in [-0.2, 0) is 17.8 Å². The van der Waals surface area contributed by atoms with Crippen LogP contribution in [0.25, 0.3) is 10.9 Å².